The van der Waals surface area contributed by atoms with Gasteiger partial charge in [-0.05, 0) is 26.4 Å². The third-order valence-corrected chi connectivity index (χ3v) is 4.69. The van der Waals surface area contributed by atoms with E-state index >= 15 is 0 Å². The van der Waals surface area contributed by atoms with Crippen molar-refractivity contribution in [2.75, 3.05) is 26.2 Å². The maximum Gasteiger partial charge on any atom is 0.244 e. The van der Waals surface area contributed by atoms with E-state index in [9.17, 15) is 8.42 Å². The van der Waals surface area contributed by atoms with Gasteiger partial charge < -0.3 is 15.1 Å². The van der Waals surface area contributed by atoms with Crippen LogP contribution in [0.15, 0.2) is 15.4 Å². The summed E-state index contributed by atoms with van der Waals surface area (Å²) in [7, 11) is -3.53. The smallest absolute Gasteiger partial charge is 0.244 e. The van der Waals surface area contributed by atoms with Crippen LogP contribution in [0, 0.1) is 6.92 Å². The zero-order valence-electron chi connectivity index (χ0n) is 12.5. The molecule has 0 amide bonds. The first-order valence-electron chi connectivity index (χ1n) is 6.96. The van der Waals surface area contributed by atoms with Crippen molar-refractivity contribution in [1.29, 1.82) is 0 Å². The maximum atomic E-state index is 12.2. The molecule has 1 aromatic heterocycles. The van der Waals surface area contributed by atoms with Crippen molar-refractivity contribution in [3.8, 4) is 0 Å². The Hall–Kier alpha value is -0.890. The van der Waals surface area contributed by atoms with Gasteiger partial charge in [-0.25, -0.2) is 13.1 Å². The Balaban J connectivity index is 2.63. The predicted molar refractivity (Wildman–Crippen MR) is 78.9 cm³/mol. The zero-order chi connectivity index (χ0) is 15.2. The van der Waals surface area contributed by atoms with E-state index in [4.69, 9.17) is 10.2 Å². The minimum atomic E-state index is -3.53. The Labute approximate surface area is 121 Å². The van der Waals surface area contributed by atoms with Gasteiger partial charge in [-0.3, -0.25) is 0 Å². The fourth-order valence-electron chi connectivity index (χ4n) is 2.05. The standard InChI is InChI=1S/C13H25N3O3S/c1-4-7-16(5-2)8-6-15-20(17,18)13-9-12(10-14)19-11(13)3/h9,15H,4-8,10,14H2,1-3H3. The van der Waals surface area contributed by atoms with Gasteiger partial charge in [0, 0.05) is 19.2 Å². The van der Waals surface area contributed by atoms with Crippen LogP contribution in [0.1, 0.15) is 31.8 Å². The van der Waals surface area contributed by atoms with Crippen LogP contribution in [-0.4, -0.2) is 39.5 Å². The van der Waals surface area contributed by atoms with Gasteiger partial charge in [0.25, 0.3) is 0 Å². The molecule has 0 aliphatic carbocycles. The topological polar surface area (TPSA) is 88.6 Å². The van der Waals surface area contributed by atoms with Crippen molar-refractivity contribution in [3.63, 3.8) is 0 Å². The highest BCUT2D eigenvalue weighted by Gasteiger charge is 2.20. The largest absolute Gasteiger partial charge is 0.464 e. The van der Waals surface area contributed by atoms with Crippen LogP contribution in [-0.2, 0) is 16.6 Å². The van der Waals surface area contributed by atoms with Gasteiger partial charge in [-0.15, -0.1) is 0 Å². The molecule has 116 valence electrons. The van der Waals surface area contributed by atoms with Crippen LogP contribution < -0.4 is 10.5 Å². The molecule has 0 saturated carbocycles. The second-order valence-electron chi connectivity index (χ2n) is 4.67. The molecule has 0 bridgehead atoms. The Bertz CT molecular complexity index is 511. The summed E-state index contributed by atoms with van der Waals surface area (Å²) in [5.74, 6) is 0.850. The first-order chi connectivity index (χ1) is 9.44. The molecule has 1 aromatic rings. The molecule has 3 N–H and O–H groups in total. The van der Waals surface area contributed by atoms with Gasteiger partial charge >= 0.3 is 0 Å². The van der Waals surface area contributed by atoms with E-state index in [1.165, 1.54) is 6.07 Å². The van der Waals surface area contributed by atoms with Crippen molar-refractivity contribution >= 4 is 10.0 Å². The highest BCUT2D eigenvalue weighted by atomic mass is 32.2. The number of likely N-dealkylation sites (N-methyl/N-ethyl adjacent to an activating group) is 1. The van der Waals surface area contributed by atoms with Gasteiger partial charge in [0.2, 0.25) is 10.0 Å². The molecule has 0 aliphatic rings. The summed E-state index contributed by atoms with van der Waals surface area (Å²) in [6, 6.07) is 1.49. The lowest BCUT2D eigenvalue weighted by Crippen LogP contribution is -2.35. The molecule has 6 nitrogen and oxygen atoms in total. The lowest BCUT2D eigenvalue weighted by Gasteiger charge is -2.19. The van der Waals surface area contributed by atoms with Gasteiger partial charge in [0.05, 0.1) is 6.54 Å². The van der Waals surface area contributed by atoms with Crippen molar-refractivity contribution < 1.29 is 12.8 Å². The van der Waals surface area contributed by atoms with Crippen LogP contribution in [0.5, 0.6) is 0 Å². The fraction of sp³-hybridized carbons (Fsp3) is 0.692. The maximum absolute atomic E-state index is 12.2. The minimum Gasteiger partial charge on any atom is -0.464 e. The number of hydrogen-bond donors (Lipinski definition) is 2. The SMILES string of the molecule is CCCN(CC)CCNS(=O)(=O)c1cc(CN)oc1C. The first kappa shape index (κ1) is 17.2. The number of hydrogen-bond acceptors (Lipinski definition) is 5. The van der Waals surface area contributed by atoms with Crippen LogP contribution >= 0.6 is 0 Å². The lowest BCUT2D eigenvalue weighted by atomic mass is 10.4. The molecule has 0 spiro atoms. The van der Waals surface area contributed by atoms with E-state index in [2.05, 4.69) is 23.5 Å². The monoisotopic (exact) mass is 303 g/mol. The lowest BCUT2D eigenvalue weighted by molar-refractivity contribution is 0.293. The molecule has 20 heavy (non-hydrogen) atoms. The second-order valence-corrected chi connectivity index (χ2v) is 6.40. The Morgan fingerprint density at radius 1 is 1.35 bits per heavy atom. The Kier molecular flexibility index (Phi) is 6.67. The van der Waals surface area contributed by atoms with Gasteiger partial charge in [-0.1, -0.05) is 13.8 Å². The summed E-state index contributed by atoms with van der Waals surface area (Å²) in [4.78, 5) is 2.38. The summed E-state index contributed by atoms with van der Waals surface area (Å²) in [6.45, 7) is 8.97. The molecule has 0 aliphatic heterocycles. The quantitative estimate of drug-likeness (QED) is 0.712. The Morgan fingerprint density at radius 2 is 2.05 bits per heavy atom. The molecule has 1 rings (SSSR count). The summed E-state index contributed by atoms with van der Waals surface area (Å²) >= 11 is 0. The molecule has 1 heterocycles. The molecule has 0 saturated heterocycles. The number of nitrogens with two attached hydrogens (primary N) is 1. The molecule has 0 atom stereocenters. The first-order valence-corrected chi connectivity index (χ1v) is 8.44. The highest BCUT2D eigenvalue weighted by Crippen LogP contribution is 2.19. The normalized spacial score (nSPS) is 12.2. The van der Waals surface area contributed by atoms with Crippen molar-refractivity contribution in [1.82, 2.24) is 9.62 Å². The van der Waals surface area contributed by atoms with Crippen molar-refractivity contribution in [2.24, 2.45) is 5.73 Å². The minimum absolute atomic E-state index is 0.177. The molecule has 0 radical (unpaired) electrons. The van der Waals surface area contributed by atoms with Crippen LogP contribution in [0.4, 0.5) is 0 Å². The summed E-state index contributed by atoms with van der Waals surface area (Å²) in [6.07, 6.45) is 1.06. The number of furan rings is 1. The van der Waals surface area contributed by atoms with E-state index in [-0.39, 0.29) is 11.4 Å². The average molecular weight is 303 g/mol. The van der Waals surface area contributed by atoms with Crippen LogP contribution in [0.25, 0.3) is 0 Å². The number of rotatable bonds is 9. The van der Waals surface area contributed by atoms with E-state index in [0.717, 1.165) is 19.5 Å². The summed E-state index contributed by atoms with van der Waals surface area (Å²) in [5.41, 5.74) is 5.45. The summed E-state index contributed by atoms with van der Waals surface area (Å²) in [5, 5.41) is 0. The number of nitrogens with one attached hydrogen (secondary N) is 1. The Morgan fingerprint density at radius 3 is 2.55 bits per heavy atom. The summed E-state index contributed by atoms with van der Waals surface area (Å²) < 4.78 is 32.2. The predicted octanol–water partition coefficient (Wildman–Crippen LogP) is 1.06. The second kappa shape index (κ2) is 7.78. The van der Waals surface area contributed by atoms with Gasteiger partial charge in [0.15, 0.2) is 0 Å². The molecular weight excluding hydrogens is 278 g/mol. The number of nitrogens with zero attached hydrogens (tertiary/aromatic N) is 1. The zero-order valence-corrected chi connectivity index (χ0v) is 13.3. The molecule has 0 unspecified atom stereocenters. The highest BCUT2D eigenvalue weighted by molar-refractivity contribution is 7.89. The number of aryl methyl sites for hydroxylation is 1. The molecule has 7 heteroatoms. The van der Waals surface area contributed by atoms with Gasteiger partial charge in [-0.2, -0.15) is 0 Å². The van der Waals surface area contributed by atoms with E-state index in [1.807, 2.05) is 0 Å². The fourth-order valence-corrected chi connectivity index (χ4v) is 3.27. The van der Waals surface area contributed by atoms with E-state index in [0.29, 0.717) is 24.6 Å². The molecule has 0 aromatic carbocycles. The number of sulfonamides is 1. The van der Waals surface area contributed by atoms with Crippen LogP contribution in [0.2, 0.25) is 0 Å². The third-order valence-electron chi connectivity index (χ3n) is 3.12. The molecule has 0 fully saturated rings. The van der Waals surface area contributed by atoms with E-state index < -0.39 is 10.0 Å². The average Bonchev–Trinajstić information content (AvgIpc) is 2.79. The van der Waals surface area contributed by atoms with Crippen LogP contribution in [0.3, 0.4) is 0 Å². The van der Waals surface area contributed by atoms with E-state index in [1.54, 1.807) is 6.92 Å². The van der Waals surface area contributed by atoms with Crippen molar-refractivity contribution in [2.45, 2.75) is 38.6 Å². The van der Waals surface area contributed by atoms with Crippen molar-refractivity contribution in [3.05, 3.63) is 17.6 Å². The third kappa shape index (κ3) is 4.59. The molecular formula is C13H25N3O3S. The van der Waals surface area contributed by atoms with Gasteiger partial charge in [0.1, 0.15) is 16.4 Å².